The summed E-state index contributed by atoms with van der Waals surface area (Å²) in [7, 11) is -1.44. The van der Waals surface area contributed by atoms with Crippen LogP contribution in [0.1, 0.15) is 25.5 Å². The third kappa shape index (κ3) is 5.00. The maximum absolute atomic E-state index is 14.5. The van der Waals surface area contributed by atoms with E-state index in [0.29, 0.717) is 52.4 Å². The lowest BCUT2D eigenvalue weighted by Crippen LogP contribution is -2.30. The number of rotatable bonds is 9. The van der Waals surface area contributed by atoms with Crippen LogP contribution in [-0.2, 0) is 6.54 Å². The van der Waals surface area contributed by atoms with Crippen LogP contribution in [-0.4, -0.2) is 44.0 Å². The summed E-state index contributed by atoms with van der Waals surface area (Å²) in [5.41, 5.74) is 2.73. The number of halogens is 1. The molecule has 0 radical (unpaired) electrons. The highest BCUT2D eigenvalue weighted by Crippen LogP contribution is 2.42. The van der Waals surface area contributed by atoms with Crippen molar-refractivity contribution >= 4 is 21.6 Å². The predicted octanol–water partition coefficient (Wildman–Crippen LogP) is 6.01. The van der Waals surface area contributed by atoms with Gasteiger partial charge in [0.25, 0.3) is 0 Å². The fourth-order valence-electron chi connectivity index (χ4n) is 4.54. The number of fused-ring (bicyclic) bond motifs is 1. The molecule has 9 heteroatoms. The summed E-state index contributed by atoms with van der Waals surface area (Å²) in [6.07, 6.45) is 1.37. The van der Waals surface area contributed by atoms with Crippen LogP contribution in [0.25, 0.3) is 22.2 Å². The lowest BCUT2D eigenvalue weighted by molar-refractivity contribution is 0.310. The Kier molecular flexibility index (Phi) is 7.44. The molecular formula is C27H31FN2O5S. The third-order valence-corrected chi connectivity index (χ3v) is 7.07. The van der Waals surface area contributed by atoms with Crippen molar-refractivity contribution in [1.82, 2.24) is 9.13 Å². The van der Waals surface area contributed by atoms with E-state index in [1.54, 1.807) is 70.8 Å². The molecule has 2 N–H and O–H groups in total. The van der Waals surface area contributed by atoms with Crippen LogP contribution in [0.3, 0.4) is 0 Å². The Balaban J connectivity index is 1.95. The molecule has 1 heterocycles. The van der Waals surface area contributed by atoms with Gasteiger partial charge in [0.05, 0.1) is 36.5 Å². The molecule has 1 aromatic heterocycles. The van der Waals surface area contributed by atoms with Gasteiger partial charge in [-0.15, -0.1) is 0 Å². The van der Waals surface area contributed by atoms with Crippen LogP contribution < -0.4 is 15.2 Å². The minimum absolute atomic E-state index is 0.0668. The van der Waals surface area contributed by atoms with E-state index < -0.39 is 16.6 Å². The lowest BCUT2D eigenvalue weighted by atomic mass is 10.0. The zero-order chi connectivity index (χ0) is 26.0. The van der Waals surface area contributed by atoms with Gasteiger partial charge in [-0.2, -0.15) is 10.6 Å². The fourth-order valence-corrected chi connectivity index (χ4v) is 5.48. The van der Waals surface area contributed by atoms with Crippen molar-refractivity contribution in [2.24, 2.45) is 0 Å². The first-order chi connectivity index (χ1) is 17.2. The molecule has 0 fully saturated rings. The summed E-state index contributed by atoms with van der Waals surface area (Å²) in [6, 6.07) is 16.5. The van der Waals surface area contributed by atoms with Crippen LogP contribution in [0, 0.1) is 5.82 Å². The van der Waals surface area contributed by atoms with E-state index in [1.807, 2.05) is 13.8 Å². The van der Waals surface area contributed by atoms with Gasteiger partial charge in [-0.1, -0.05) is 30.3 Å². The molecule has 0 aliphatic heterocycles. The Morgan fingerprint density at radius 3 is 2.39 bits per heavy atom. The smallest absolute Gasteiger partial charge is 0.329 e. The maximum atomic E-state index is 14.5. The first-order valence-corrected chi connectivity index (χ1v) is 13.8. The second-order valence-electron chi connectivity index (χ2n) is 8.60. The standard InChI is InChI=1S/C27H31FN2O5S/c1-5-29-23-15-18(20-9-7-8-10-21(20)28)11-13-22(23)30(27(29)31)24(17-36(4,32)33)19-12-14-25(34-3)26(16-19)35-6-2/h7-16,24,32-33H,5-6,17H2,1-4H3/t24-/m1/s1. The molecule has 0 saturated heterocycles. The highest BCUT2D eigenvalue weighted by molar-refractivity contribution is 8.23. The number of ether oxygens (including phenoxy) is 2. The van der Waals surface area contributed by atoms with E-state index in [1.165, 1.54) is 12.3 Å². The monoisotopic (exact) mass is 514 g/mol. The molecule has 0 aliphatic rings. The average molecular weight is 515 g/mol. The molecule has 0 bridgehead atoms. The summed E-state index contributed by atoms with van der Waals surface area (Å²) >= 11 is 0. The zero-order valence-corrected chi connectivity index (χ0v) is 21.6. The number of aromatic nitrogens is 2. The summed E-state index contributed by atoms with van der Waals surface area (Å²) in [6.45, 7) is 4.54. The van der Waals surface area contributed by atoms with Gasteiger partial charge in [0.15, 0.2) is 11.5 Å². The fraction of sp³-hybridized carbons (Fsp3) is 0.296. The molecule has 0 amide bonds. The molecule has 0 spiro atoms. The third-order valence-electron chi connectivity index (χ3n) is 6.12. The number of nitrogens with zero attached hydrogens (tertiary/aromatic N) is 2. The lowest BCUT2D eigenvalue weighted by Gasteiger charge is -2.32. The van der Waals surface area contributed by atoms with Gasteiger partial charge in [-0.05, 0) is 55.3 Å². The molecule has 1 atom stereocenters. The van der Waals surface area contributed by atoms with Crippen molar-refractivity contribution in [2.45, 2.75) is 26.4 Å². The number of imidazole rings is 1. The first-order valence-electron chi connectivity index (χ1n) is 11.7. The quantitative estimate of drug-likeness (QED) is 0.286. The summed E-state index contributed by atoms with van der Waals surface area (Å²) in [5.74, 6) is 0.633. The Bertz CT molecular complexity index is 1440. The molecule has 0 saturated carbocycles. The number of methoxy groups -OCH3 is 1. The van der Waals surface area contributed by atoms with E-state index in [9.17, 15) is 18.3 Å². The highest BCUT2D eigenvalue weighted by Gasteiger charge is 2.27. The normalized spacial score (nSPS) is 13.1. The maximum Gasteiger partial charge on any atom is 0.329 e. The second kappa shape index (κ2) is 10.4. The molecule has 0 unspecified atom stereocenters. The average Bonchev–Trinajstić information content (AvgIpc) is 3.12. The number of hydrogen-bond acceptors (Lipinski definition) is 5. The second-order valence-corrected chi connectivity index (χ2v) is 10.9. The van der Waals surface area contributed by atoms with E-state index >= 15 is 0 Å². The molecule has 192 valence electrons. The van der Waals surface area contributed by atoms with Crippen molar-refractivity contribution in [3.8, 4) is 22.6 Å². The van der Waals surface area contributed by atoms with Crippen molar-refractivity contribution in [2.75, 3.05) is 25.7 Å². The van der Waals surface area contributed by atoms with Crippen LogP contribution in [0.2, 0.25) is 0 Å². The number of benzene rings is 3. The van der Waals surface area contributed by atoms with E-state index in [4.69, 9.17) is 9.47 Å². The molecule has 7 nitrogen and oxygen atoms in total. The number of hydrogen-bond donors (Lipinski definition) is 2. The van der Waals surface area contributed by atoms with Crippen LogP contribution in [0.4, 0.5) is 4.39 Å². The van der Waals surface area contributed by atoms with Gasteiger partial charge < -0.3 is 9.47 Å². The minimum atomic E-state index is -2.99. The summed E-state index contributed by atoms with van der Waals surface area (Å²) < 4.78 is 49.7. The van der Waals surface area contributed by atoms with E-state index in [2.05, 4.69) is 0 Å². The SMILES string of the molecule is CCOc1cc([C@@H](CS(C)(O)O)n2c(=O)n(CC)c3cc(-c4ccccc4F)ccc32)ccc1OC. The van der Waals surface area contributed by atoms with Gasteiger partial charge in [-0.3, -0.25) is 18.2 Å². The van der Waals surface area contributed by atoms with Gasteiger partial charge in [0, 0.05) is 18.4 Å². The first kappa shape index (κ1) is 25.8. The van der Waals surface area contributed by atoms with Crippen molar-refractivity contribution in [3.05, 3.63) is 82.5 Å². The Hall–Kier alpha value is -3.27. The Labute approximate surface area is 211 Å². The van der Waals surface area contributed by atoms with Gasteiger partial charge in [0.1, 0.15) is 5.82 Å². The molecule has 36 heavy (non-hydrogen) atoms. The molecular weight excluding hydrogens is 483 g/mol. The van der Waals surface area contributed by atoms with Gasteiger partial charge in [-0.25, -0.2) is 9.18 Å². The predicted molar refractivity (Wildman–Crippen MR) is 143 cm³/mol. The molecule has 0 aliphatic carbocycles. The van der Waals surface area contributed by atoms with E-state index in [0.717, 1.165) is 0 Å². The Morgan fingerprint density at radius 2 is 1.75 bits per heavy atom. The Morgan fingerprint density at radius 1 is 1.00 bits per heavy atom. The molecule has 4 rings (SSSR count). The van der Waals surface area contributed by atoms with Crippen LogP contribution in [0.15, 0.2) is 65.5 Å². The van der Waals surface area contributed by atoms with Crippen molar-refractivity contribution in [3.63, 3.8) is 0 Å². The van der Waals surface area contributed by atoms with Crippen LogP contribution >= 0.6 is 10.6 Å². The van der Waals surface area contributed by atoms with Crippen molar-refractivity contribution in [1.29, 1.82) is 0 Å². The van der Waals surface area contributed by atoms with Crippen LogP contribution in [0.5, 0.6) is 11.5 Å². The van der Waals surface area contributed by atoms with Gasteiger partial charge >= 0.3 is 5.69 Å². The zero-order valence-electron chi connectivity index (χ0n) is 20.8. The summed E-state index contributed by atoms with van der Waals surface area (Å²) in [4.78, 5) is 13.7. The summed E-state index contributed by atoms with van der Waals surface area (Å²) in [5, 5.41) is 0. The largest absolute Gasteiger partial charge is 0.493 e. The van der Waals surface area contributed by atoms with Gasteiger partial charge in [0.2, 0.25) is 0 Å². The highest BCUT2D eigenvalue weighted by atomic mass is 32.3. The van der Waals surface area contributed by atoms with E-state index in [-0.39, 0.29) is 17.3 Å². The molecule has 3 aromatic carbocycles. The topological polar surface area (TPSA) is 85.9 Å². The van der Waals surface area contributed by atoms with Crippen molar-refractivity contribution < 1.29 is 23.0 Å². The molecule has 4 aromatic rings. The number of aryl methyl sites for hydroxylation is 1. The minimum Gasteiger partial charge on any atom is -0.493 e.